The third-order valence-electron chi connectivity index (χ3n) is 5.10. The first-order chi connectivity index (χ1) is 16.1. The first-order valence-electron chi connectivity index (χ1n) is 11.0. The summed E-state index contributed by atoms with van der Waals surface area (Å²) < 4.78 is 5.41. The van der Waals surface area contributed by atoms with Gasteiger partial charge in [0.05, 0.1) is 26.8 Å². The molecule has 0 atom stereocenters. The fourth-order valence-electron chi connectivity index (χ4n) is 3.51. The molecular formula is C23H28N6O3S2. The molecule has 3 aromatic rings. The number of nitrogens with one attached hydrogen (secondary N) is 1. The van der Waals surface area contributed by atoms with Crippen LogP contribution in [-0.4, -0.2) is 68.5 Å². The van der Waals surface area contributed by atoms with E-state index in [0.29, 0.717) is 37.6 Å². The van der Waals surface area contributed by atoms with Crippen LogP contribution in [0.15, 0.2) is 23.7 Å². The predicted octanol–water partition coefficient (Wildman–Crippen LogP) is 4.71. The number of aryl methyl sites for hydroxylation is 2. The van der Waals surface area contributed by atoms with Gasteiger partial charge in [0.1, 0.15) is 11.4 Å². The number of piperazine rings is 1. The molecule has 1 aliphatic heterocycles. The lowest BCUT2D eigenvalue weighted by atomic mass is 10.2. The average Bonchev–Trinajstić information content (AvgIpc) is 3.38. The molecular weight excluding hydrogens is 472 g/mol. The number of carbonyl (C=O) groups is 2. The highest BCUT2D eigenvalue weighted by molar-refractivity contribution is 7.16. The Hall–Kier alpha value is -3.05. The maximum Gasteiger partial charge on any atom is 0.410 e. The van der Waals surface area contributed by atoms with Crippen molar-refractivity contribution in [3.05, 3.63) is 40.0 Å². The monoisotopic (exact) mass is 500 g/mol. The van der Waals surface area contributed by atoms with Gasteiger partial charge in [0.25, 0.3) is 5.91 Å². The van der Waals surface area contributed by atoms with Gasteiger partial charge < -0.3 is 19.9 Å². The summed E-state index contributed by atoms with van der Waals surface area (Å²) in [7, 11) is 0. The van der Waals surface area contributed by atoms with Crippen molar-refractivity contribution in [1.82, 2.24) is 24.8 Å². The Kier molecular flexibility index (Phi) is 6.85. The number of carbonyl (C=O) groups excluding carboxylic acids is 2. The van der Waals surface area contributed by atoms with Crippen molar-refractivity contribution in [1.29, 1.82) is 0 Å². The van der Waals surface area contributed by atoms with E-state index in [1.807, 2.05) is 40.0 Å². The van der Waals surface area contributed by atoms with Gasteiger partial charge in [-0.15, -0.1) is 22.7 Å². The lowest BCUT2D eigenvalue weighted by Crippen LogP contribution is -2.51. The summed E-state index contributed by atoms with van der Waals surface area (Å²) in [5.74, 6) is 0.514. The summed E-state index contributed by atoms with van der Waals surface area (Å²) in [5, 5.41) is 6.94. The van der Waals surface area contributed by atoms with E-state index in [4.69, 9.17) is 4.74 Å². The maximum absolute atomic E-state index is 12.9. The zero-order valence-electron chi connectivity index (χ0n) is 19.9. The van der Waals surface area contributed by atoms with Crippen molar-refractivity contribution in [2.24, 2.45) is 0 Å². The molecule has 0 unspecified atom stereocenters. The zero-order valence-corrected chi connectivity index (χ0v) is 21.5. The molecule has 3 aromatic heterocycles. The molecule has 1 aliphatic rings. The third-order valence-corrected chi connectivity index (χ3v) is 6.96. The van der Waals surface area contributed by atoms with Crippen LogP contribution >= 0.6 is 22.7 Å². The topological polar surface area (TPSA) is 101 Å². The van der Waals surface area contributed by atoms with Crippen molar-refractivity contribution >= 4 is 45.6 Å². The number of anilines is 2. The van der Waals surface area contributed by atoms with Gasteiger partial charge in [-0.25, -0.2) is 19.7 Å². The molecule has 1 fully saturated rings. The van der Waals surface area contributed by atoms with E-state index < -0.39 is 5.60 Å². The molecule has 4 rings (SSSR count). The van der Waals surface area contributed by atoms with Crippen LogP contribution in [0.3, 0.4) is 0 Å². The number of hydrogen-bond donors (Lipinski definition) is 1. The molecule has 2 amide bonds. The Morgan fingerprint density at radius 3 is 2.35 bits per heavy atom. The smallest absolute Gasteiger partial charge is 0.410 e. The van der Waals surface area contributed by atoms with Gasteiger partial charge in [-0.05, 0) is 46.8 Å². The molecule has 34 heavy (non-hydrogen) atoms. The lowest BCUT2D eigenvalue weighted by molar-refractivity contribution is 0.0141. The van der Waals surface area contributed by atoms with Crippen molar-refractivity contribution in [3.63, 3.8) is 0 Å². The Bertz CT molecular complexity index is 1170. The molecule has 0 aliphatic carbocycles. The van der Waals surface area contributed by atoms with Gasteiger partial charge in [0, 0.05) is 37.8 Å². The number of aromatic nitrogens is 3. The molecule has 1 N–H and O–H groups in total. The van der Waals surface area contributed by atoms with Gasteiger partial charge in [-0.1, -0.05) is 0 Å². The normalized spacial score (nSPS) is 14.3. The molecule has 0 bridgehead atoms. The third kappa shape index (κ3) is 5.71. The fourth-order valence-corrected chi connectivity index (χ4v) is 5.17. The van der Waals surface area contributed by atoms with Crippen LogP contribution in [0.5, 0.6) is 0 Å². The summed E-state index contributed by atoms with van der Waals surface area (Å²) in [4.78, 5) is 43.0. The number of amides is 2. The standard InChI is InChI=1S/C23H28N6O3S2/c1-14-19(34-15(2)25-14)17-13-33-21(26-17)27-18-7-6-16(12-24-18)20(30)28-8-10-29(11-9-28)22(31)32-23(3,4)5/h6-7,12-13H,8-11H2,1-5H3,(H,24,26,27). The highest BCUT2D eigenvalue weighted by Gasteiger charge is 2.28. The van der Waals surface area contributed by atoms with E-state index in [0.717, 1.165) is 26.4 Å². The molecule has 9 nitrogen and oxygen atoms in total. The van der Waals surface area contributed by atoms with E-state index in [9.17, 15) is 9.59 Å². The second kappa shape index (κ2) is 9.67. The Labute approximate surface area is 206 Å². The molecule has 4 heterocycles. The summed E-state index contributed by atoms with van der Waals surface area (Å²) >= 11 is 3.12. The quantitative estimate of drug-likeness (QED) is 0.553. The van der Waals surface area contributed by atoms with Gasteiger partial charge in [-0.2, -0.15) is 0 Å². The molecule has 0 aromatic carbocycles. The second-order valence-corrected chi connectivity index (χ2v) is 11.1. The Morgan fingerprint density at radius 2 is 1.76 bits per heavy atom. The largest absolute Gasteiger partial charge is 0.444 e. The number of rotatable bonds is 4. The van der Waals surface area contributed by atoms with E-state index in [2.05, 4.69) is 20.3 Å². The van der Waals surface area contributed by atoms with E-state index in [1.165, 1.54) is 11.3 Å². The molecule has 0 radical (unpaired) electrons. The minimum absolute atomic E-state index is 0.101. The summed E-state index contributed by atoms with van der Waals surface area (Å²) in [5.41, 5.74) is 1.84. The van der Waals surface area contributed by atoms with E-state index in [1.54, 1.807) is 39.5 Å². The predicted molar refractivity (Wildman–Crippen MR) is 134 cm³/mol. The SMILES string of the molecule is Cc1nc(C)c(-c2csc(Nc3ccc(C(=O)N4CCN(C(=O)OC(C)(C)C)CC4)cn3)n2)s1. The van der Waals surface area contributed by atoms with Crippen LogP contribution in [0.2, 0.25) is 0 Å². The molecule has 0 spiro atoms. The molecule has 180 valence electrons. The van der Waals surface area contributed by atoms with Gasteiger partial charge in [0.2, 0.25) is 0 Å². The van der Waals surface area contributed by atoms with Crippen LogP contribution in [-0.2, 0) is 4.74 Å². The van der Waals surface area contributed by atoms with Crippen molar-refractivity contribution in [2.45, 2.75) is 40.2 Å². The molecule has 1 saturated heterocycles. The number of pyridine rings is 1. The van der Waals surface area contributed by atoms with Crippen LogP contribution in [0.4, 0.5) is 15.7 Å². The maximum atomic E-state index is 12.9. The highest BCUT2D eigenvalue weighted by atomic mass is 32.1. The minimum Gasteiger partial charge on any atom is -0.444 e. The summed E-state index contributed by atoms with van der Waals surface area (Å²) in [6.45, 7) is 11.3. The zero-order chi connectivity index (χ0) is 24.5. The van der Waals surface area contributed by atoms with Gasteiger partial charge >= 0.3 is 6.09 Å². The van der Waals surface area contributed by atoms with Crippen LogP contribution in [0, 0.1) is 13.8 Å². The van der Waals surface area contributed by atoms with Crippen LogP contribution < -0.4 is 5.32 Å². The first-order valence-corrected chi connectivity index (χ1v) is 12.7. The minimum atomic E-state index is -0.537. The molecule has 11 heteroatoms. The van der Waals surface area contributed by atoms with Crippen molar-refractivity contribution in [3.8, 4) is 10.6 Å². The van der Waals surface area contributed by atoms with Crippen molar-refractivity contribution < 1.29 is 14.3 Å². The van der Waals surface area contributed by atoms with Gasteiger partial charge in [-0.3, -0.25) is 4.79 Å². The first kappa shape index (κ1) is 24.1. The van der Waals surface area contributed by atoms with Crippen molar-refractivity contribution in [2.75, 3.05) is 31.5 Å². The van der Waals surface area contributed by atoms with Crippen LogP contribution in [0.1, 0.15) is 41.8 Å². The van der Waals surface area contributed by atoms with E-state index in [-0.39, 0.29) is 12.0 Å². The molecule has 0 saturated carbocycles. The second-order valence-electron chi connectivity index (χ2n) is 9.00. The van der Waals surface area contributed by atoms with E-state index >= 15 is 0 Å². The summed E-state index contributed by atoms with van der Waals surface area (Å²) in [6.07, 6.45) is 1.22. The summed E-state index contributed by atoms with van der Waals surface area (Å²) in [6, 6.07) is 3.52. The number of ether oxygens (including phenoxy) is 1. The number of hydrogen-bond acceptors (Lipinski definition) is 9. The lowest BCUT2D eigenvalue weighted by Gasteiger charge is -2.35. The Morgan fingerprint density at radius 1 is 1.06 bits per heavy atom. The number of thiazole rings is 2. The van der Waals surface area contributed by atoms with Gasteiger partial charge in [0.15, 0.2) is 5.13 Å². The Balaban J connectivity index is 1.33. The van der Waals surface area contributed by atoms with Crippen LogP contribution in [0.25, 0.3) is 10.6 Å². The highest BCUT2D eigenvalue weighted by Crippen LogP contribution is 2.32. The fraction of sp³-hybridized carbons (Fsp3) is 0.435. The average molecular weight is 501 g/mol. The number of nitrogens with zero attached hydrogens (tertiary/aromatic N) is 5.